The SMILES string of the molecule is CCCC(NC(=O)CCc1ccc(-c2ccccc2)o1)c1ccccc1. The Hall–Kier alpha value is -2.81. The van der Waals surface area contributed by atoms with Gasteiger partial charge < -0.3 is 9.73 Å². The summed E-state index contributed by atoms with van der Waals surface area (Å²) < 4.78 is 5.88. The van der Waals surface area contributed by atoms with Crippen LogP contribution in [0.1, 0.15) is 43.6 Å². The first-order valence-corrected chi connectivity index (χ1v) is 9.24. The number of amides is 1. The maximum Gasteiger partial charge on any atom is 0.220 e. The average Bonchev–Trinajstić information content (AvgIpc) is 3.17. The Morgan fingerprint density at radius 1 is 0.962 bits per heavy atom. The summed E-state index contributed by atoms with van der Waals surface area (Å²) in [7, 11) is 0. The molecule has 0 aliphatic rings. The van der Waals surface area contributed by atoms with E-state index in [0.29, 0.717) is 12.8 Å². The van der Waals surface area contributed by atoms with Crippen molar-refractivity contribution < 1.29 is 9.21 Å². The van der Waals surface area contributed by atoms with Gasteiger partial charge in [-0.2, -0.15) is 0 Å². The summed E-state index contributed by atoms with van der Waals surface area (Å²) in [6.45, 7) is 2.13. The number of hydrogen-bond donors (Lipinski definition) is 1. The first kappa shape index (κ1) is 18.0. The van der Waals surface area contributed by atoms with Crippen LogP contribution in [0.2, 0.25) is 0 Å². The van der Waals surface area contributed by atoms with Crippen molar-refractivity contribution >= 4 is 5.91 Å². The molecular formula is C23H25NO2. The molecule has 1 atom stereocenters. The Bertz CT molecular complexity index is 808. The minimum absolute atomic E-state index is 0.0602. The van der Waals surface area contributed by atoms with Gasteiger partial charge >= 0.3 is 0 Å². The average molecular weight is 347 g/mol. The molecule has 3 nitrogen and oxygen atoms in total. The number of carbonyl (C=O) groups is 1. The summed E-state index contributed by atoms with van der Waals surface area (Å²) in [5, 5.41) is 3.16. The van der Waals surface area contributed by atoms with Crippen LogP contribution in [0.15, 0.2) is 77.2 Å². The molecule has 1 N–H and O–H groups in total. The first-order chi connectivity index (χ1) is 12.8. The number of nitrogens with one attached hydrogen (secondary N) is 1. The fraction of sp³-hybridized carbons (Fsp3) is 0.261. The monoisotopic (exact) mass is 347 g/mol. The molecule has 2 aromatic carbocycles. The summed E-state index contributed by atoms with van der Waals surface area (Å²) in [4.78, 5) is 12.4. The van der Waals surface area contributed by atoms with Crippen LogP contribution in [-0.4, -0.2) is 5.91 Å². The topological polar surface area (TPSA) is 42.2 Å². The first-order valence-electron chi connectivity index (χ1n) is 9.24. The third-order valence-electron chi connectivity index (χ3n) is 4.43. The van der Waals surface area contributed by atoms with Crippen LogP contribution in [0, 0.1) is 0 Å². The maximum atomic E-state index is 12.4. The van der Waals surface area contributed by atoms with Crippen LogP contribution in [-0.2, 0) is 11.2 Å². The van der Waals surface area contributed by atoms with E-state index in [1.54, 1.807) is 0 Å². The Kier molecular flexibility index (Phi) is 6.26. The summed E-state index contributed by atoms with van der Waals surface area (Å²) in [5.74, 6) is 1.74. The zero-order valence-electron chi connectivity index (χ0n) is 15.2. The van der Waals surface area contributed by atoms with Crippen molar-refractivity contribution in [1.82, 2.24) is 5.32 Å². The highest BCUT2D eigenvalue weighted by molar-refractivity contribution is 5.76. The number of hydrogen-bond acceptors (Lipinski definition) is 2. The number of benzene rings is 2. The summed E-state index contributed by atoms with van der Waals surface area (Å²) >= 11 is 0. The molecule has 0 spiro atoms. The van der Waals surface area contributed by atoms with Gasteiger partial charge in [0.2, 0.25) is 5.91 Å². The molecule has 26 heavy (non-hydrogen) atoms. The van der Waals surface area contributed by atoms with Crippen molar-refractivity contribution in [3.05, 3.63) is 84.1 Å². The normalized spacial score (nSPS) is 11.9. The van der Waals surface area contributed by atoms with Gasteiger partial charge in [-0.15, -0.1) is 0 Å². The standard InChI is InChI=1S/C23H25NO2/c1-2-9-21(18-10-5-3-6-11-18)24-23(25)17-15-20-14-16-22(26-20)19-12-7-4-8-13-19/h3-8,10-14,16,21H,2,9,15,17H2,1H3,(H,24,25). The fourth-order valence-electron chi connectivity index (χ4n) is 3.07. The van der Waals surface area contributed by atoms with Crippen molar-refractivity contribution in [1.29, 1.82) is 0 Å². The van der Waals surface area contributed by atoms with Gasteiger partial charge in [0.1, 0.15) is 11.5 Å². The Labute approximate surface area is 155 Å². The molecule has 0 bridgehead atoms. The molecule has 0 radical (unpaired) electrons. The maximum absolute atomic E-state index is 12.4. The fourth-order valence-corrected chi connectivity index (χ4v) is 3.07. The zero-order valence-corrected chi connectivity index (χ0v) is 15.2. The van der Waals surface area contributed by atoms with E-state index in [4.69, 9.17) is 4.42 Å². The quantitative estimate of drug-likeness (QED) is 0.581. The lowest BCUT2D eigenvalue weighted by molar-refractivity contribution is -0.121. The molecule has 0 fully saturated rings. The van der Waals surface area contributed by atoms with Gasteiger partial charge in [-0.25, -0.2) is 0 Å². The van der Waals surface area contributed by atoms with Crippen molar-refractivity contribution in [2.75, 3.05) is 0 Å². The third-order valence-corrected chi connectivity index (χ3v) is 4.43. The number of rotatable bonds is 8. The molecule has 3 aromatic rings. The van der Waals surface area contributed by atoms with Gasteiger partial charge in [-0.1, -0.05) is 74.0 Å². The highest BCUT2D eigenvalue weighted by atomic mass is 16.3. The predicted molar refractivity (Wildman–Crippen MR) is 105 cm³/mol. The van der Waals surface area contributed by atoms with E-state index in [0.717, 1.165) is 35.5 Å². The zero-order chi connectivity index (χ0) is 18.2. The third kappa shape index (κ3) is 4.85. The van der Waals surface area contributed by atoms with E-state index in [1.165, 1.54) is 0 Å². The molecule has 1 aromatic heterocycles. The molecule has 3 rings (SSSR count). The van der Waals surface area contributed by atoms with Crippen molar-refractivity contribution in [3.63, 3.8) is 0 Å². The molecule has 1 amide bonds. The molecule has 1 heterocycles. The number of aryl methyl sites for hydroxylation is 1. The number of carbonyl (C=O) groups excluding carboxylic acids is 1. The Morgan fingerprint density at radius 2 is 1.65 bits per heavy atom. The van der Waals surface area contributed by atoms with Crippen molar-refractivity contribution in [3.8, 4) is 11.3 Å². The van der Waals surface area contributed by atoms with E-state index in [-0.39, 0.29) is 11.9 Å². The van der Waals surface area contributed by atoms with Gasteiger partial charge in [0, 0.05) is 18.4 Å². The van der Waals surface area contributed by atoms with Gasteiger partial charge in [-0.3, -0.25) is 4.79 Å². The van der Waals surface area contributed by atoms with E-state index in [9.17, 15) is 4.79 Å². The van der Waals surface area contributed by atoms with E-state index in [1.807, 2.05) is 60.7 Å². The molecular weight excluding hydrogens is 322 g/mol. The van der Waals surface area contributed by atoms with Crippen molar-refractivity contribution in [2.45, 2.75) is 38.6 Å². The molecule has 0 aliphatic heterocycles. The van der Waals surface area contributed by atoms with E-state index >= 15 is 0 Å². The lowest BCUT2D eigenvalue weighted by atomic mass is 10.0. The van der Waals surface area contributed by atoms with Crippen LogP contribution in [0.4, 0.5) is 0 Å². The molecule has 3 heteroatoms. The minimum atomic E-state index is 0.0602. The van der Waals surface area contributed by atoms with E-state index in [2.05, 4.69) is 24.4 Å². The predicted octanol–water partition coefficient (Wildman–Crippen LogP) is 5.54. The molecule has 134 valence electrons. The molecule has 0 aliphatic carbocycles. The summed E-state index contributed by atoms with van der Waals surface area (Å²) in [5.41, 5.74) is 2.21. The van der Waals surface area contributed by atoms with Crippen LogP contribution in [0.3, 0.4) is 0 Å². The molecule has 1 unspecified atom stereocenters. The minimum Gasteiger partial charge on any atom is -0.461 e. The Balaban J connectivity index is 1.56. The van der Waals surface area contributed by atoms with Crippen LogP contribution < -0.4 is 5.32 Å². The largest absolute Gasteiger partial charge is 0.461 e. The highest BCUT2D eigenvalue weighted by Gasteiger charge is 2.14. The lowest BCUT2D eigenvalue weighted by Gasteiger charge is -2.18. The van der Waals surface area contributed by atoms with Gasteiger partial charge in [0.05, 0.1) is 6.04 Å². The van der Waals surface area contributed by atoms with Crippen LogP contribution in [0.25, 0.3) is 11.3 Å². The summed E-state index contributed by atoms with van der Waals surface area (Å²) in [6.07, 6.45) is 2.99. The second-order valence-electron chi connectivity index (χ2n) is 6.45. The van der Waals surface area contributed by atoms with Gasteiger partial charge in [0.15, 0.2) is 0 Å². The second-order valence-corrected chi connectivity index (χ2v) is 6.45. The lowest BCUT2D eigenvalue weighted by Crippen LogP contribution is -2.28. The van der Waals surface area contributed by atoms with Crippen LogP contribution >= 0.6 is 0 Å². The van der Waals surface area contributed by atoms with Crippen molar-refractivity contribution in [2.24, 2.45) is 0 Å². The Morgan fingerprint density at radius 3 is 2.35 bits per heavy atom. The smallest absolute Gasteiger partial charge is 0.220 e. The van der Waals surface area contributed by atoms with Crippen LogP contribution in [0.5, 0.6) is 0 Å². The number of furan rings is 1. The second kappa shape index (κ2) is 9.04. The highest BCUT2D eigenvalue weighted by Crippen LogP contribution is 2.23. The molecule has 0 saturated carbocycles. The van der Waals surface area contributed by atoms with Gasteiger partial charge in [0.25, 0.3) is 0 Å². The van der Waals surface area contributed by atoms with E-state index < -0.39 is 0 Å². The van der Waals surface area contributed by atoms with Gasteiger partial charge in [-0.05, 0) is 24.1 Å². The summed E-state index contributed by atoms with van der Waals surface area (Å²) in [6, 6.07) is 24.1. The molecule has 0 saturated heterocycles.